The Morgan fingerprint density at radius 1 is 1.14 bits per heavy atom. The van der Waals surface area contributed by atoms with Crippen molar-refractivity contribution in [1.29, 1.82) is 0 Å². The molecule has 3 heterocycles. The van der Waals surface area contributed by atoms with Crippen LogP contribution in [-0.2, 0) is 11.2 Å². The van der Waals surface area contributed by atoms with Gasteiger partial charge in [-0.3, -0.25) is 4.57 Å². The first kappa shape index (κ1) is 18.8. The second kappa shape index (κ2) is 7.80. The first-order valence-corrected chi connectivity index (χ1v) is 9.18. The number of nitrogens with one attached hydrogen (secondary N) is 1. The summed E-state index contributed by atoms with van der Waals surface area (Å²) < 4.78 is 7.05. The van der Waals surface area contributed by atoms with Crippen LogP contribution in [0.25, 0.3) is 11.2 Å². The van der Waals surface area contributed by atoms with Crippen LogP contribution in [-0.4, -0.2) is 65.8 Å². The lowest BCUT2D eigenvalue weighted by molar-refractivity contribution is -0.210. The topological polar surface area (TPSA) is 126 Å². The molecule has 1 aliphatic rings. The Morgan fingerprint density at radius 3 is 2.71 bits per heavy atom. The minimum Gasteiger partial charge on any atom is -0.388 e. The third-order valence-corrected chi connectivity index (χ3v) is 4.87. The van der Waals surface area contributed by atoms with E-state index in [4.69, 9.17) is 4.74 Å². The van der Waals surface area contributed by atoms with Gasteiger partial charge in [-0.15, -0.1) is 0 Å². The summed E-state index contributed by atoms with van der Waals surface area (Å²) in [4.78, 5) is 12.9. The summed E-state index contributed by atoms with van der Waals surface area (Å²) in [6.45, 7) is 1.97. The average Bonchev–Trinajstić information content (AvgIpc) is 3.12. The van der Waals surface area contributed by atoms with E-state index in [0.29, 0.717) is 17.0 Å². The van der Waals surface area contributed by atoms with Crippen LogP contribution < -0.4 is 5.32 Å². The molecule has 0 amide bonds. The maximum Gasteiger partial charge on any atom is 0.167 e. The second-order valence-electron chi connectivity index (χ2n) is 7.05. The average molecular weight is 385 g/mol. The molecule has 0 radical (unpaired) electrons. The van der Waals surface area contributed by atoms with Crippen LogP contribution in [0.15, 0.2) is 43.0 Å². The molecule has 0 saturated carbocycles. The van der Waals surface area contributed by atoms with Crippen molar-refractivity contribution in [1.82, 2.24) is 19.5 Å². The fourth-order valence-electron chi connectivity index (χ4n) is 3.43. The second-order valence-corrected chi connectivity index (χ2v) is 7.05. The molecule has 0 bridgehead atoms. The molecule has 1 fully saturated rings. The quantitative estimate of drug-likeness (QED) is 0.500. The van der Waals surface area contributed by atoms with Gasteiger partial charge in [0, 0.05) is 6.04 Å². The van der Waals surface area contributed by atoms with Crippen LogP contribution in [0, 0.1) is 0 Å². The predicted octanol–water partition coefficient (Wildman–Crippen LogP) is 0.481. The lowest BCUT2D eigenvalue weighted by atomic mass is 10.0. The summed E-state index contributed by atoms with van der Waals surface area (Å²) >= 11 is 0. The summed E-state index contributed by atoms with van der Waals surface area (Å²) in [5.74, 6) is 0.582. The van der Waals surface area contributed by atoms with Crippen molar-refractivity contribution in [3.63, 3.8) is 0 Å². The Bertz CT molecular complexity index is 934. The largest absolute Gasteiger partial charge is 0.388 e. The van der Waals surface area contributed by atoms with Gasteiger partial charge in [-0.05, 0) is 18.9 Å². The normalized spacial score (nSPS) is 26.3. The standard InChI is InChI=1S/C19H23N5O4/c1-11(7-12-5-3-2-4-6-12)23-17-14-18(21-9-20-17)24(10-22-14)19-16(27)15(26)13(25)8-28-19/h2-6,9-11,13,15-16,19,25-27H,7-8H2,1H3,(H,20,21,23)/t11-,13?,15?,16?,19?/m1/s1. The van der Waals surface area contributed by atoms with Crippen LogP contribution in [0.3, 0.4) is 0 Å². The Kier molecular flexibility index (Phi) is 5.23. The van der Waals surface area contributed by atoms with Crippen LogP contribution in [0.4, 0.5) is 5.82 Å². The molecule has 0 spiro atoms. The molecule has 4 rings (SSSR count). The summed E-state index contributed by atoms with van der Waals surface area (Å²) in [5.41, 5.74) is 2.22. The van der Waals surface area contributed by atoms with Crippen molar-refractivity contribution in [2.75, 3.05) is 11.9 Å². The maximum absolute atomic E-state index is 10.3. The van der Waals surface area contributed by atoms with Crippen molar-refractivity contribution in [2.24, 2.45) is 0 Å². The molecule has 1 aliphatic heterocycles. The van der Waals surface area contributed by atoms with Gasteiger partial charge in [0.1, 0.15) is 24.6 Å². The zero-order chi connectivity index (χ0) is 19.7. The number of rotatable bonds is 5. The maximum atomic E-state index is 10.3. The number of aromatic nitrogens is 4. The molecule has 28 heavy (non-hydrogen) atoms. The van der Waals surface area contributed by atoms with E-state index in [-0.39, 0.29) is 12.6 Å². The molecule has 4 N–H and O–H groups in total. The number of benzene rings is 1. The van der Waals surface area contributed by atoms with E-state index in [1.807, 2.05) is 18.2 Å². The van der Waals surface area contributed by atoms with E-state index in [2.05, 4.69) is 39.3 Å². The Morgan fingerprint density at radius 2 is 1.93 bits per heavy atom. The first-order chi connectivity index (χ1) is 13.5. The Balaban J connectivity index is 1.57. The smallest absolute Gasteiger partial charge is 0.167 e. The van der Waals surface area contributed by atoms with E-state index >= 15 is 0 Å². The lowest BCUT2D eigenvalue weighted by Crippen LogP contribution is -2.50. The van der Waals surface area contributed by atoms with Gasteiger partial charge in [0.25, 0.3) is 0 Å². The zero-order valence-electron chi connectivity index (χ0n) is 15.4. The molecule has 0 aliphatic carbocycles. The van der Waals surface area contributed by atoms with Gasteiger partial charge in [0.15, 0.2) is 23.2 Å². The fraction of sp³-hybridized carbons (Fsp3) is 0.421. The van der Waals surface area contributed by atoms with E-state index in [1.165, 1.54) is 18.2 Å². The molecule has 2 aromatic heterocycles. The van der Waals surface area contributed by atoms with Gasteiger partial charge in [-0.2, -0.15) is 0 Å². The first-order valence-electron chi connectivity index (χ1n) is 9.18. The molecule has 9 nitrogen and oxygen atoms in total. The third kappa shape index (κ3) is 3.57. The molecule has 5 atom stereocenters. The number of aliphatic hydroxyl groups is 3. The van der Waals surface area contributed by atoms with Crippen molar-refractivity contribution >= 4 is 17.0 Å². The molecule has 9 heteroatoms. The number of hydrogen-bond donors (Lipinski definition) is 4. The minimum absolute atomic E-state index is 0.0904. The molecule has 1 saturated heterocycles. The fourth-order valence-corrected chi connectivity index (χ4v) is 3.43. The van der Waals surface area contributed by atoms with Crippen molar-refractivity contribution < 1.29 is 20.1 Å². The molecule has 3 aromatic rings. The number of ether oxygens (including phenoxy) is 1. The number of imidazole rings is 1. The lowest BCUT2D eigenvalue weighted by Gasteiger charge is -2.35. The monoisotopic (exact) mass is 385 g/mol. The third-order valence-electron chi connectivity index (χ3n) is 4.87. The van der Waals surface area contributed by atoms with E-state index in [0.717, 1.165) is 6.42 Å². The molecular weight excluding hydrogens is 362 g/mol. The van der Waals surface area contributed by atoms with Gasteiger partial charge in [0.05, 0.1) is 12.9 Å². The van der Waals surface area contributed by atoms with Crippen LogP contribution >= 0.6 is 0 Å². The van der Waals surface area contributed by atoms with E-state index < -0.39 is 24.5 Å². The highest BCUT2D eigenvalue weighted by atomic mass is 16.5. The van der Waals surface area contributed by atoms with Crippen LogP contribution in [0.1, 0.15) is 18.7 Å². The Hall–Kier alpha value is -2.59. The number of hydrogen-bond acceptors (Lipinski definition) is 8. The van der Waals surface area contributed by atoms with Crippen molar-refractivity contribution in [3.05, 3.63) is 48.5 Å². The van der Waals surface area contributed by atoms with Crippen molar-refractivity contribution in [3.8, 4) is 0 Å². The molecule has 1 aromatic carbocycles. The van der Waals surface area contributed by atoms with Crippen molar-refractivity contribution in [2.45, 2.75) is 43.9 Å². The van der Waals surface area contributed by atoms with E-state index in [9.17, 15) is 15.3 Å². The van der Waals surface area contributed by atoms with Gasteiger partial charge in [-0.1, -0.05) is 30.3 Å². The summed E-state index contributed by atoms with van der Waals surface area (Å²) in [7, 11) is 0. The predicted molar refractivity (Wildman–Crippen MR) is 102 cm³/mol. The SMILES string of the molecule is C[C@H](Cc1ccccc1)Nc1ncnc2c1ncn2C1OCC(O)C(O)C1O. The van der Waals surface area contributed by atoms with Gasteiger partial charge < -0.3 is 25.4 Å². The molecule has 148 valence electrons. The molecule has 4 unspecified atom stereocenters. The highest BCUT2D eigenvalue weighted by Crippen LogP contribution is 2.28. The minimum atomic E-state index is -1.30. The van der Waals surface area contributed by atoms with E-state index in [1.54, 1.807) is 4.57 Å². The van der Waals surface area contributed by atoms with Gasteiger partial charge in [-0.25, -0.2) is 15.0 Å². The molecular formula is C19H23N5O4. The van der Waals surface area contributed by atoms with Crippen LogP contribution in [0.2, 0.25) is 0 Å². The highest BCUT2D eigenvalue weighted by Gasteiger charge is 2.39. The van der Waals surface area contributed by atoms with Gasteiger partial charge >= 0.3 is 0 Å². The Labute approximate surface area is 161 Å². The summed E-state index contributed by atoms with van der Waals surface area (Å²) in [5, 5.41) is 33.2. The summed E-state index contributed by atoms with van der Waals surface area (Å²) in [6, 6.07) is 10.3. The number of aliphatic hydroxyl groups excluding tert-OH is 3. The van der Waals surface area contributed by atoms with Crippen LogP contribution in [0.5, 0.6) is 0 Å². The highest BCUT2D eigenvalue weighted by molar-refractivity contribution is 5.82. The zero-order valence-corrected chi connectivity index (χ0v) is 15.4. The number of fused-ring (bicyclic) bond motifs is 1. The van der Waals surface area contributed by atoms with Gasteiger partial charge in [0.2, 0.25) is 0 Å². The number of nitrogens with zero attached hydrogens (tertiary/aromatic N) is 4. The summed E-state index contributed by atoms with van der Waals surface area (Å²) in [6.07, 6.45) is -0.907. The number of anilines is 1.